The van der Waals surface area contributed by atoms with Gasteiger partial charge >= 0.3 is 0 Å². The molecule has 1 aromatic heterocycles. The lowest BCUT2D eigenvalue weighted by molar-refractivity contribution is 0.0767. The Bertz CT molecular complexity index is 971. The van der Waals surface area contributed by atoms with Gasteiger partial charge in [-0.3, -0.25) is 4.79 Å². The average Bonchev–Trinajstić information content (AvgIpc) is 3.13. The fraction of sp³-hybridized carbons (Fsp3) is 0.400. The van der Waals surface area contributed by atoms with Gasteiger partial charge in [0.05, 0.1) is 0 Å². The van der Waals surface area contributed by atoms with Crippen LogP contribution in [0.5, 0.6) is 0 Å². The number of aryl methyl sites for hydroxylation is 1. The van der Waals surface area contributed by atoms with Crippen molar-refractivity contribution in [1.82, 2.24) is 14.3 Å². The van der Waals surface area contributed by atoms with E-state index in [1.54, 1.807) is 0 Å². The van der Waals surface area contributed by atoms with Crippen LogP contribution in [0, 0.1) is 0 Å². The molecule has 31 heavy (non-hydrogen) atoms. The van der Waals surface area contributed by atoms with Crippen molar-refractivity contribution in [3.8, 4) is 0 Å². The Kier molecular flexibility index (Phi) is 7.30. The number of benzene rings is 2. The van der Waals surface area contributed by atoms with Gasteiger partial charge < -0.3 is 9.80 Å². The van der Waals surface area contributed by atoms with E-state index >= 15 is 0 Å². The summed E-state index contributed by atoms with van der Waals surface area (Å²) in [6, 6.07) is 18.5. The van der Waals surface area contributed by atoms with Gasteiger partial charge in [-0.05, 0) is 42.5 Å². The van der Waals surface area contributed by atoms with Gasteiger partial charge in [0.25, 0.3) is 5.91 Å². The Balaban J connectivity index is 1.34. The Morgan fingerprint density at radius 1 is 0.968 bits per heavy atom. The van der Waals surface area contributed by atoms with Crippen LogP contribution in [0.15, 0.2) is 54.6 Å². The molecule has 1 aliphatic rings. The second-order valence-corrected chi connectivity index (χ2v) is 8.82. The molecule has 0 atom stereocenters. The number of unbranched alkanes of at least 4 members (excludes halogenated alkanes) is 1. The first-order chi connectivity index (χ1) is 15.2. The van der Waals surface area contributed by atoms with Gasteiger partial charge in [-0.15, -0.1) is 0 Å². The Hall–Kier alpha value is -2.73. The van der Waals surface area contributed by atoms with Crippen LogP contribution in [0.4, 0.5) is 5.13 Å². The highest BCUT2D eigenvalue weighted by molar-refractivity contribution is 7.09. The Morgan fingerprint density at radius 3 is 2.55 bits per heavy atom. The lowest BCUT2D eigenvalue weighted by Crippen LogP contribution is -2.35. The number of carbonyl (C=O) groups excluding carboxylic acids is 1. The number of amides is 1. The number of hydrogen-bond acceptors (Lipinski definition) is 5. The van der Waals surface area contributed by atoms with E-state index < -0.39 is 0 Å². The van der Waals surface area contributed by atoms with Crippen LogP contribution in [-0.4, -0.2) is 46.3 Å². The standard InChI is InChI=1S/C25H30N4OS/c1-2-3-8-20-11-13-22(14-12-20)24(30)28-15-7-16-29(18-17-28)25-26-23(27-31-25)19-21-9-5-4-6-10-21/h4-6,9-14H,2-3,7-8,15-19H2,1H3. The second kappa shape index (κ2) is 10.5. The fourth-order valence-electron chi connectivity index (χ4n) is 3.91. The molecule has 5 nitrogen and oxygen atoms in total. The maximum Gasteiger partial charge on any atom is 0.253 e. The summed E-state index contributed by atoms with van der Waals surface area (Å²) >= 11 is 1.46. The van der Waals surface area contributed by atoms with Gasteiger partial charge in [0, 0.05) is 49.7 Å². The minimum absolute atomic E-state index is 0.130. The van der Waals surface area contributed by atoms with Crippen molar-refractivity contribution < 1.29 is 4.79 Å². The van der Waals surface area contributed by atoms with Crippen LogP contribution in [0.3, 0.4) is 0 Å². The summed E-state index contributed by atoms with van der Waals surface area (Å²) in [5.41, 5.74) is 3.32. The van der Waals surface area contributed by atoms with Crippen molar-refractivity contribution in [2.45, 2.75) is 39.0 Å². The summed E-state index contributed by atoms with van der Waals surface area (Å²) in [5.74, 6) is 0.998. The molecular weight excluding hydrogens is 404 g/mol. The molecular formula is C25H30N4OS. The average molecular weight is 435 g/mol. The van der Waals surface area contributed by atoms with Crippen LogP contribution in [0.1, 0.15) is 53.5 Å². The van der Waals surface area contributed by atoms with E-state index in [1.165, 1.54) is 35.5 Å². The van der Waals surface area contributed by atoms with Gasteiger partial charge in [-0.25, -0.2) is 4.98 Å². The molecule has 1 amide bonds. The first kappa shape index (κ1) is 21.5. The topological polar surface area (TPSA) is 49.3 Å². The van der Waals surface area contributed by atoms with E-state index in [4.69, 9.17) is 4.98 Å². The zero-order valence-corrected chi connectivity index (χ0v) is 19.0. The summed E-state index contributed by atoms with van der Waals surface area (Å²) in [6.45, 7) is 5.39. The molecule has 6 heteroatoms. The van der Waals surface area contributed by atoms with E-state index in [9.17, 15) is 4.79 Å². The van der Waals surface area contributed by atoms with Crippen LogP contribution in [0.2, 0.25) is 0 Å². The highest BCUT2D eigenvalue weighted by Crippen LogP contribution is 2.21. The quantitative estimate of drug-likeness (QED) is 0.535. The highest BCUT2D eigenvalue weighted by Gasteiger charge is 2.22. The molecule has 0 bridgehead atoms. The lowest BCUT2D eigenvalue weighted by Gasteiger charge is -2.21. The monoisotopic (exact) mass is 434 g/mol. The summed E-state index contributed by atoms with van der Waals surface area (Å²) in [6.07, 6.45) is 5.15. The van der Waals surface area contributed by atoms with Crippen molar-refractivity contribution in [2.75, 3.05) is 31.1 Å². The summed E-state index contributed by atoms with van der Waals surface area (Å²) in [4.78, 5) is 22.0. The third-order valence-corrected chi connectivity index (χ3v) is 6.55. The van der Waals surface area contributed by atoms with E-state index in [0.29, 0.717) is 6.54 Å². The number of carbonyl (C=O) groups is 1. The van der Waals surface area contributed by atoms with Gasteiger partial charge in [0.1, 0.15) is 5.82 Å². The van der Waals surface area contributed by atoms with E-state index in [1.807, 2.05) is 35.2 Å². The number of rotatable bonds is 7. The van der Waals surface area contributed by atoms with Crippen molar-refractivity contribution in [3.63, 3.8) is 0 Å². The Labute approximate surface area is 188 Å². The first-order valence-electron chi connectivity index (χ1n) is 11.2. The molecule has 0 spiro atoms. The van der Waals surface area contributed by atoms with Gasteiger partial charge in [-0.2, -0.15) is 4.37 Å². The number of aromatic nitrogens is 2. The van der Waals surface area contributed by atoms with E-state index in [-0.39, 0.29) is 5.91 Å². The maximum atomic E-state index is 13.0. The molecule has 0 radical (unpaired) electrons. The summed E-state index contributed by atoms with van der Waals surface area (Å²) in [5, 5.41) is 0.959. The number of anilines is 1. The van der Waals surface area contributed by atoms with Gasteiger partial charge in [-0.1, -0.05) is 55.8 Å². The number of nitrogens with zero attached hydrogens (tertiary/aromatic N) is 4. The fourth-order valence-corrected chi connectivity index (χ4v) is 4.65. The van der Waals surface area contributed by atoms with Gasteiger partial charge in [0.15, 0.2) is 0 Å². The minimum atomic E-state index is 0.130. The summed E-state index contributed by atoms with van der Waals surface area (Å²) in [7, 11) is 0. The molecule has 1 saturated heterocycles. The Morgan fingerprint density at radius 2 is 1.77 bits per heavy atom. The third kappa shape index (κ3) is 5.70. The molecule has 2 aromatic carbocycles. The number of hydrogen-bond donors (Lipinski definition) is 0. The van der Waals surface area contributed by atoms with Crippen LogP contribution < -0.4 is 4.90 Å². The molecule has 0 N–H and O–H groups in total. The highest BCUT2D eigenvalue weighted by atomic mass is 32.1. The zero-order valence-electron chi connectivity index (χ0n) is 18.2. The normalized spacial score (nSPS) is 14.5. The van der Waals surface area contributed by atoms with Crippen molar-refractivity contribution >= 4 is 22.6 Å². The molecule has 1 aliphatic heterocycles. The first-order valence-corrected chi connectivity index (χ1v) is 12.0. The van der Waals surface area contributed by atoms with Crippen LogP contribution >= 0.6 is 11.5 Å². The smallest absolute Gasteiger partial charge is 0.253 e. The predicted molar refractivity (Wildman–Crippen MR) is 127 cm³/mol. The van der Waals surface area contributed by atoms with Crippen LogP contribution in [0.25, 0.3) is 0 Å². The van der Waals surface area contributed by atoms with Gasteiger partial charge in [0.2, 0.25) is 5.13 Å². The molecule has 0 aliphatic carbocycles. The molecule has 4 rings (SSSR count). The molecule has 162 valence electrons. The molecule has 0 unspecified atom stereocenters. The van der Waals surface area contributed by atoms with Crippen molar-refractivity contribution in [2.24, 2.45) is 0 Å². The molecule has 2 heterocycles. The zero-order chi connectivity index (χ0) is 21.5. The van der Waals surface area contributed by atoms with Crippen molar-refractivity contribution in [1.29, 1.82) is 0 Å². The summed E-state index contributed by atoms with van der Waals surface area (Å²) < 4.78 is 4.56. The van der Waals surface area contributed by atoms with E-state index in [0.717, 1.165) is 55.4 Å². The third-order valence-electron chi connectivity index (χ3n) is 5.74. The molecule has 3 aromatic rings. The SMILES string of the molecule is CCCCc1ccc(C(=O)N2CCCN(c3nc(Cc4ccccc4)ns3)CC2)cc1. The van der Waals surface area contributed by atoms with Crippen LogP contribution in [-0.2, 0) is 12.8 Å². The van der Waals surface area contributed by atoms with Crippen molar-refractivity contribution in [3.05, 3.63) is 77.1 Å². The molecule has 1 fully saturated rings. The lowest BCUT2D eigenvalue weighted by atomic mass is 10.1. The predicted octanol–water partition coefficient (Wildman–Crippen LogP) is 4.82. The maximum absolute atomic E-state index is 13.0. The largest absolute Gasteiger partial charge is 0.345 e. The van der Waals surface area contributed by atoms with E-state index in [2.05, 4.69) is 40.5 Å². The minimum Gasteiger partial charge on any atom is -0.345 e. The molecule has 0 saturated carbocycles. The second-order valence-electron chi connectivity index (χ2n) is 8.09.